The number of likely N-dealkylation sites (tertiary alicyclic amines) is 1. The minimum atomic E-state index is -2.17. The minimum Gasteiger partial charge on any atom is -0.306 e. The van der Waals surface area contributed by atoms with Gasteiger partial charge in [0.25, 0.3) is 5.91 Å². The summed E-state index contributed by atoms with van der Waals surface area (Å²) >= 11 is 0. The standard InChI is InChI=1S/C29H37N9O2S/c1-20-5-10-26(31-18-20)38-27(33-29(39)24-19-32-37-14-4-13-30-28(24)37)17-25(34-38)21-11-15-36(16-12-21)23-8-6-22(7-9-23)35-41(2,3)40/h4-5,10,13-14,17-19,21-23H,2,6-9,11-12,15-16H2,1,3H3,(H,33,39)(H,35,40). The van der Waals surface area contributed by atoms with Crippen LogP contribution in [0.4, 0.5) is 5.82 Å². The number of aryl methyl sites for hydroxylation is 1. The van der Waals surface area contributed by atoms with Gasteiger partial charge in [-0.15, -0.1) is 0 Å². The third-order valence-corrected chi connectivity index (χ3v) is 9.02. The van der Waals surface area contributed by atoms with Gasteiger partial charge in [-0.25, -0.2) is 19.2 Å². The molecule has 1 aliphatic heterocycles. The molecular weight excluding hydrogens is 538 g/mol. The van der Waals surface area contributed by atoms with Crippen LogP contribution in [0.1, 0.15) is 66.1 Å². The first-order valence-corrected chi connectivity index (χ1v) is 16.3. The number of fused-ring (bicyclic) bond motifs is 1. The van der Waals surface area contributed by atoms with E-state index in [0.29, 0.717) is 40.8 Å². The Bertz CT molecular complexity index is 1630. The van der Waals surface area contributed by atoms with Gasteiger partial charge in [-0.1, -0.05) is 6.07 Å². The van der Waals surface area contributed by atoms with Crippen LogP contribution in [-0.4, -0.2) is 81.7 Å². The van der Waals surface area contributed by atoms with Gasteiger partial charge in [0.15, 0.2) is 11.5 Å². The number of aromatic nitrogens is 6. The molecule has 216 valence electrons. The summed E-state index contributed by atoms with van der Waals surface area (Å²) in [7, 11) is -2.17. The zero-order valence-electron chi connectivity index (χ0n) is 23.6. The van der Waals surface area contributed by atoms with Crippen LogP contribution in [-0.2, 0) is 9.71 Å². The van der Waals surface area contributed by atoms with Gasteiger partial charge < -0.3 is 10.2 Å². The number of piperidine rings is 1. The highest BCUT2D eigenvalue weighted by Gasteiger charge is 2.31. The van der Waals surface area contributed by atoms with Crippen molar-refractivity contribution < 1.29 is 9.00 Å². The van der Waals surface area contributed by atoms with Crippen LogP contribution in [0.15, 0.2) is 49.1 Å². The van der Waals surface area contributed by atoms with E-state index in [1.54, 1.807) is 40.1 Å². The first-order chi connectivity index (χ1) is 19.7. The van der Waals surface area contributed by atoms with E-state index in [9.17, 15) is 9.00 Å². The maximum Gasteiger partial charge on any atom is 0.262 e. The molecule has 2 fully saturated rings. The summed E-state index contributed by atoms with van der Waals surface area (Å²) in [6.45, 7) is 4.02. The predicted octanol–water partition coefficient (Wildman–Crippen LogP) is 3.21. The maximum absolute atomic E-state index is 13.3. The molecule has 41 heavy (non-hydrogen) atoms. The lowest BCUT2D eigenvalue weighted by Gasteiger charge is -2.40. The lowest BCUT2D eigenvalue weighted by molar-refractivity contribution is 0.102. The lowest BCUT2D eigenvalue weighted by atomic mass is 9.87. The van der Waals surface area contributed by atoms with Gasteiger partial charge in [-0.05, 0) is 82.1 Å². The van der Waals surface area contributed by atoms with E-state index < -0.39 is 9.71 Å². The molecule has 1 saturated heterocycles. The highest BCUT2D eigenvalue weighted by atomic mass is 32.2. The van der Waals surface area contributed by atoms with Crippen LogP contribution in [0, 0.1) is 6.92 Å². The molecule has 0 aromatic carbocycles. The van der Waals surface area contributed by atoms with E-state index in [-0.39, 0.29) is 5.91 Å². The fraction of sp³-hybridized carbons (Fsp3) is 0.448. The molecule has 2 aliphatic rings. The zero-order chi connectivity index (χ0) is 28.6. The van der Waals surface area contributed by atoms with Crippen LogP contribution in [0.5, 0.6) is 0 Å². The molecule has 0 bridgehead atoms. The number of amides is 1. The van der Waals surface area contributed by atoms with Crippen molar-refractivity contribution >= 4 is 33.0 Å². The Labute approximate surface area is 240 Å². The normalized spacial score (nSPS) is 22.0. The van der Waals surface area contributed by atoms with Gasteiger partial charge >= 0.3 is 0 Å². The molecule has 0 spiro atoms. The molecular formula is C29H37N9O2S. The average Bonchev–Trinajstić information content (AvgIpc) is 3.58. The summed E-state index contributed by atoms with van der Waals surface area (Å²) in [5.41, 5.74) is 2.90. The van der Waals surface area contributed by atoms with Crippen molar-refractivity contribution in [3.8, 4) is 5.82 Å². The van der Waals surface area contributed by atoms with Crippen LogP contribution in [0.3, 0.4) is 0 Å². The predicted molar refractivity (Wildman–Crippen MR) is 161 cm³/mol. The monoisotopic (exact) mass is 575 g/mol. The summed E-state index contributed by atoms with van der Waals surface area (Å²) in [6.07, 6.45) is 14.7. The van der Waals surface area contributed by atoms with Gasteiger partial charge in [-0.2, -0.15) is 14.9 Å². The van der Waals surface area contributed by atoms with Crippen molar-refractivity contribution in [1.82, 2.24) is 39.0 Å². The highest BCUT2D eigenvalue weighted by molar-refractivity contribution is 7.97. The van der Waals surface area contributed by atoms with Gasteiger partial charge in [0.1, 0.15) is 11.4 Å². The molecule has 1 amide bonds. The third kappa shape index (κ3) is 6.19. The highest BCUT2D eigenvalue weighted by Crippen LogP contribution is 2.33. The van der Waals surface area contributed by atoms with Crippen molar-refractivity contribution in [3.05, 3.63) is 65.9 Å². The summed E-state index contributed by atoms with van der Waals surface area (Å²) in [6, 6.07) is 8.52. The molecule has 1 unspecified atom stereocenters. The first kappa shape index (κ1) is 27.6. The maximum atomic E-state index is 13.3. The fourth-order valence-electron chi connectivity index (χ4n) is 6.09. The molecule has 1 aliphatic carbocycles. The topological polar surface area (TPSA) is 122 Å². The van der Waals surface area contributed by atoms with Crippen LogP contribution in [0.2, 0.25) is 0 Å². The van der Waals surface area contributed by atoms with Crippen molar-refractivity contribution in [2.75, 3.05) is 24.7 Å². The van der Waals surface area contributed by atoms with E-state index in [4.69, 9.17) is 5.10 Å². The fourth-order valence-corrected chi connectivity index (χ4v) is 7.03. The Morgan fingerprint density at radius 2 is 1.85 bits per heavy atom. The summed E-state index contributed by atoms with van der Waals surface area (Å²) in [5, 5.41) is 12.3. The van der Waals surface area contributed by atoms with Crippen molar-refractivity contribution in [2.24, 2.45) is 0 Å². The third-order valence-electron chi connectivity index (χ3n) is 8.18. The Hall–Kier alpha value is -3.61. The molecule has 2 N–H and O–H groups in total. The molecule has 11 nitrogen and oxygen atoms in total. The van der Waals surface area contributed by atoms with E-state index in [0.717, 1.165) is 62.9 Å². The van der Waals surface area contributed by atoms with Crippen molar-refractivity contribution in [1.29, 1.82) is 0 Å². The molecule has 6 rings (SSSR count). The summed E-state index contributed by atoms with van der Waals surface area (Å²) in [4.78, 5) is 24.8. The second-order valence-electron chi connectivity index (χ2n) is 11.4. The number of anilines is 1. The Morgan fingerprint density at radius 1 is 1.07 bits per heavy atom. The van der Waals surface area contributed by atoms with E-state index in [2.05, 4.69) is 35.9 Å². The molecule has 12 heteroatoms. The smallest absolute Gasteiger partial charge is 0.262 e. The van der Waals surface area contributed by atoms with Gasteiger partial charge in [0, 0.05) is 58.6 Å². The second-order valence-corrected chi connectivity index (χ2v) is 13.6. The molecule has 5 heterocycles. The summed E-state index contributed by atoms with van der Waals surface area (Å²) in [5.74, 6) is 4.97. The van der Waals surface area contributed by atoms with Crippen LogP contribution >= 0.6 is 0 Å². The van der Waals surface area contributed by atoms with Gasteiger partial charge in [0.2, 0.25) is 0 Å². The second kappa shape index (κ2) is 11.3. The number of rotatable bonds is 7. The molecule has 0 radical (unpaired) electrons. The summed E-state index contributed by atoms with van der Waals surface area (Å²) < 4.78 is 18.6. The average molecular weight is 576 g/mol. The molecule has 4 aromatic heterocycles. The van der Waals surface area contributed by atoms with Crippen LogP contribution in [0.25, 0.3) is 11.5 Å². The quantitative estimate of drug-likeness (QED) is 0.325. The Kier molecular flexibility index (Phi) is 7.62. The Balaban J connectivity index is 1.16. The van der Waals surface area contributed by atoms with Crippen molar-refractivity contribution in [3.63, 3.8) is 0 Å². The SMILES string of the molecule is C=S(C)(=O)NC1CCC(N2CCC(c3cc(NC(=O)c4cnn5cccnc45)n(-c4ccc(C)cn4)n3)CC2)CC1. The van der Waals surface area contributed by atoms with E-state index >= 15 is 0 Å². The number of pyridine rings is 1. The zero-order valence-corrected chi connectivity index (χ0v) is 24.4. The lowest BCUT2D eigenvalue weighted by Crippen LogP contribution is -2.46. The number of hydrogen-bond donors (Lipinski definition) is 2. The van der Waals surface area contributed by atoms with Crippen molar-refractivity contribution in [2.45, 2.75) is 63.5 Å². The molecule has 1 atom stereocenters. The number of carbonyl (C=O) groups excluding carboxylic acids is 1. The number of carbonyl (C=O) groups is 1. The Morgan fingerprint density at radius 3 is 2.56 bits per heavy atom. The van der Waals surface area contributed by atoms with E-state index in [1.807, 2.05) is 25.1 Å². The largest absolute Gasteiger partial charge is 0.306 e. The minimum absolute atomic E-state index is 0.293. The molecule has 4 aromatic rings. The molecule has 1 saturated carbocycles. The number of nitrogens with one attached hydrogen (secondary N) is 2. The number of hydrogen-bond acceptors (Lipinski definition) is 7. The van der Waals surface area contributed by atoms with Gasteiger partial charge in [0.05, 0.1) is 11.9 Å². The van der Waals surface area contributed by atoms with E-state index in [1.165, 1.54) is 6.20 Å². The van der Waals surface area contributed by atoms with Crippen LogP contribution < -0.4 is 10.0 Å². The first-order valence-electron chi connectivity index (χ1n) is 14.2. The number of nitrogens with zero attached hydrogens (tertiary/aromatic N) is 7. The van der Waals surface area contributed by atoms with Gasteiger partial charge in [-0.3, -0.25) is 9.00 Å².